The summed E-state index contributed by atoms with van der Waals surface area (Å²) in [7, 11) is 0. The van der Waals surface area contributed by atoms with E-state index >= 15 is 0 Å². The van der Waals surface area contributed by atoms with E-state index < -0.39 is 0 Å². The zero-order valence-electron chi connectivity index (χ0n) is 20.9. The lowest BCUT2D eigenvalue weighted by Crippen LogP contribution is -2.25. The zero-order valence-corrected chi connectivity index (χ0v) is 23.3. The Morgan fingerprint density at radius 1 is 0.462 bits per heavy atom. The lowest BCUT2D eigenvalue weighted by Gasteiger charge is -2.30. The number of halogens is 1. The molecule has 2 heteroatoms. The lowest BCUT2D eigenvalue weighted by atomic mass is 9.70. The van der Waals surface area contributed by atoms with Crippen molar-refractivity contribution >= 4 is 47.4 Å². The molecule has 0 amide bonds. The Balaban J connectivity index is 1.46. The highest BCUT2D eigenvalue weighted by molar-refractivity contribution is 9.10. The second-order valence-corrected chi connectivity index (χ2v) is 12.4. The third kappa shape index (κ3) is 2.68. The molecule has 1 unspecified atom stereocenters. The van der Waals surface area contributed by atoms with E-state index in [0.717, 1.165) is 0 Å². The molecule has 0 N–H and O–H groups in total. The summed E-state index contributed by atoms with van der Waals surface area (Å²) in [4.78, 5) is 0. The molecule has 1 spiro atoms. The van der Waals surface area contributed by atoms with Gasteiger partial charge in [0, 0.05) is 30.2 Å². The van der Waals surface area contributed by atoms with Crippen molar-refractivity contribution in [1.29, 1.82) is 0 Å². The molecule has 0 nitrogen and oxygen atoms in total. The van der Waals surface area contributed by atoms with E-state index in [-0.39, 0.29) is 5.41 Å². The summed E-state index contributed by atoms with van der Waals surface area (Å²) in [6.45, 7) is 0. The topological polar surface area (TPSA) is 0 Å². The number of rotatable bonds is 1. The van der Waals surface area contributed by atoms with E-state index in [1.165, 1.54) is 80.3 Å². The van der Waals surface area contributed by atoms with E-state index in [1.54, 1.807) is 0 Å². The first-order valence-electron chi connectivity index (χ1n) is 13.3. The van der Waals surface area contributed by atoms with Crippen molar-refractivity contribution in [1.82, 2.24) is 0 Å². The highest BCUT2D eigenvalue weighted by Crippen LogP contribution is 2.64. The Hall–Kier alpha value is -3.98. The zero-order chi connectivity index (χ0) is 25.7. The van der Waals surface area contributed by atoms with Gasteiger partial charge in [-0.3, -0.25) is 0 Å². The summed E-state index contributed by atoms with van der Waals surface area (Å²) < 4.78 is 3.86. The SMILES string of the molecule is Brc1cccc2c1sc1c3c(ccc12)C1(c2ccccc2-c2ccc(-c4ccccc4)cc21)c1ccccc1-3. The molecule has 2 aliphatic rings. The van der Waals surface area contributed by atoms with Gasteiger partial charge < -0.3 is 0 Å². The minimum atomic E-state index is -0.343. The van der Waals surface area contributed by atoms with Crippen molar-refractivity contribution in [2.45, 2.75) is 5.41 Å². The van der Waals surface area contributed by atoms with Crippen molar-refractivity contribution in [2.75, 3.05) is 0 Å². The molecule has 0 radical (unpaired) electrons. The Bertz CT molecular complexity index is 2140. The van der Waals surface area contributed by atoms with Crippen molar-refractivity contribution < 1.29 is 0 Å². The van der Waals surface area contributed by atoms with Crippen LogP contribution in [0.5, 0.6) is 0 Å². The largest absolute Gasteiger partial charge is 0.133 e. The van der Waals surface area contributed by atoms with E-state index in [0.29, 0.717) is 0 Å². The molecule has 0 fully saturated rings. The fourth-order valence-electron chi connectivity index (χ4n) is 7.25. The van der Waals surface area contributed by atoms with Crippen LogP contribution in [0.1, 0.15) is 22.3 Å². The molecule has 1 heterocycles. The number of thiophene rings is 1. The Morgan fingerprint density at radius 2 is 1.15 bits per heavy atom. The third-order valence-corrected chi connectivity index (χ3v) is 11.0. The summed E-state index contributed by atoms with van der Waals surface area (Å²) in [5.41, 5.74) is 13.2. The van der Waals surface area contributed by atoms with Crippen LogP contribution < -0.4 is 0 Å². The summed E-state index contributed by atoms with van der Waals surface area (Å²) in [5.74, 6) is 0. The van der Waals surface area contributed by atoms with Gasteiger partial charge in [0.25, 0.3) is 0 Å². The van der Waals surface area contributed by atoms with Gasteiger partial charge in [0.2, 0.25) is 0 Å². The van der Waals surface area contributed by atoms with Gasteiger partial charge in [-0.25, -0.2) is 0 Å². The molecule has 39 heavy (non-hydrogen) atoms. The average molecular weight is 578 g/mol. The molecule has 6 aromatic carbocycles. The Morgan fingerprint density at radius 3 is 2.00 bits per heavy atom. The van der Waals surface area contributed by atoms with Crippen LogP contribution in [0.25, 0.3) is 53.6 Å². The Labute approximate surface area is 239 Å². The monoisotopic (exact) mass is 576 g/mol. The van der Waals surface area contributed by atoms with E-state index in [1.807, 2.05) is 11.3 Å². The summed E-state index contributed by atoms with van der Waals surface area (Å²) in [5, 5.41) is 2.66. The summed E-state index contributed by atoms with van der Waals surface area (Å²) in [6, 6.07) is 47.4. The molecule has 0 saturated heterocycles. The van der Waals surface area contributed by atoms with Crippen molar-refractivity contribution in [3.8, 4) is 33.4 Å². The molecule has 1 atom stereocenters. The van der Waals surface area contributed by atoms with Crippen molar-refractivity contribution in [2.24, 2.45) is 0 Å². The highest BCUT2D eigenvalue weighted by Gasteiger charge is 2.52. The first-order chi connectivity index (χ1) is 19.3. The third-order valence-electron chi connectivity index (χ3n) is 8.78. The van der Waals surface area contributed by atoms with Gasteiger partial charge in [-0.1, -0.05) is 115 Å². The average Bonchev–Trinajstić information content (AvgIpc) is 3.62. The predicted octanol–water partition coefficient (Wildman–Crippen LogP) is 10.8. The minimum absolute atomic E-state index is 0.343. The smallest absolute Gasteiger partial charge is 0.0726 e. The van der Waals surface area contributed by atoms with Gasteiger partial charge in [0.15, 0.2) is 0 Å². The van der Waals surface area contributed by atoms with E-state index in [9.17, 15) is 0 Å². The van der Waals surface area contributed by atoms with Gasteiger partial charge in [0.05, 0.1) is 5.41 Å². The highest BCUT2D eigenvalue weighted by atomic mass is 79.9. The molecule has 9 rings (SSSR count). The van der Waals surface area contributed by atoms with E-state index in [4.69, 9.17) is 0 Å². The van der Waals surface area contributed by atoms with Crippen molar-refractivity contribution in [3.63, 3.8) is 0 Å². The maximum absolute atomic E-state index is 3.83. The molecule has 0 bridgehead atoms. The first kappa shape index (κ1) is 21.9. The summed E-state index contributed by atoms with van der Waals surface area (Å²) in [6.07, 6.45) is 0. The van der Waals surface area contributed by atoms with Crippen molar-refractivity contribution in [3.05, 3.63) is 154 Å². The molecular formula is C37H21BrS. The molecule has 182 valence electrons. The molecule has 0 saturated carbocycles. The normalized spacial score (nSPS) is 16.4. The first-order valence-corrected chi connectivity index (χ1v) is 14.9. The molecule has 1 aromatic heterocycles. The van der Waals surface area contributed by atoms with Crippen LogP contribution in [-0.2, 0) is 5.41 Å². The van der Waals surface area contributed by atoms with Crippen LogP contribution in [0.15, 0.2) is 132 Å². The maximum atomic E-state index is 3.83. The second kappa shape index (κ2) is 7.79. The van der Waals surface area contributed by atoms with Crippen LogP contribution in [-0.4, -0.2) is 0 Å². The Kier molecular flexibility index (Phi) is 4.37. The number of fused-ring (bicyclic) bond motifs is 14. The fourth-order valence-corrected chi connectivity index (χ4v) is 9.13. The standard InChI is InChI=1S/C37H21BrS/c38-33-16-8-13-26-27-19-20-31-34(36(27)39-35(26)33)28-12-5-7-15-30(28)37(31)29-14-6-4-11-24(29)25-18-17-23(21-32(25)37)22-9-2-1-3-10-22/h1-21H. The quantitative estimate of drug-likeness (QED) is 0.182. The predicted molar refractivity (Wildman–Crippen MR) is 169 cm³/mol. The van der Waals surface area contributed by atoms with Gasteiger partial charge in [-0.2, -0.15) is 0 Å². The van der Waals surface area contributed by atoms with Crippen LogP contribution in [0.3, 0.4) is 0 Å². The van der Waals surface area contributed by atoms with E-state index in [2.05, 4.69) is 143 Å². The number of benzene rings is 6. The van der Waals surface area contributed by atoms with Gasteiger partial charge in [0.1, 0.15) is 0 Å². The van der Waals surface area contributed by atoms with Crippen LogP contribution >= 0.6 is 27.3 Å². The molecule has 2 aliphatic carbocycles. The molecular weight excluding hydrogens is 556 g/mol. The van der Waals surface area contributed by atoms with Gasteiger partial charge in [-0.15, -0.1) is 11.3 Å². The lowest BCUT2D eigenvalue weighted by molar-refractivity contribution is 0.795. The number of hydrogen-bond acceptors (Lipinski definition) is 1. The van der Waals surface area contributed by atoms with Crippen LogP contribution in [0.2, 0.25) is 0 Å². The second-order valence-electron chi connectivity index (χ2n) is 10.6. The minimum Gasteiger partial charge on any atom is -0.133 e. The fraction of sp³-hybridized carbons (Fsp3) is 0.0270. The summed E-state index contributed by atoms with van der Waals surface area (Å²) >= 11 is 5.75. The van der Waals surface area contributed by atoms with Crippen LogP contribution in [0, 0.1) is 0 Å². The molecule has 7 aromatic rings. The maximum Gasteiger partial charge on any atom is 0.0726 e. The van der Waals surface area contributed by atoms with Gasteiger partial charge >= 0.3 is 0 Å². The number of hydrogen-bond donors (Lipinski definition) is 0. The van der Waals surface area contributed by atoms with Gasteiger partial charge in [-0.05, 0) is 78.1 Å². The molecule has 0 aliphatic heterocycles. The van der Waals surface area contributed by atoms with Crippen LogP contribution in [0.4, 0.5) is 0 Å².